The van der Waals surface area contributed by atoms with Gasteiger partial charge in [-0.15, -0.1) is 0 Å². The first-order valence-electron chi connectivity index (χ1n) is 3.37. The molecular formula is C4H12O10P2. The van der Waals surface area contributed by atoms with Gasteiger partial charge in [0.15, 0.2) is 0 Å². The molecule has 0 aliphatic heterocycles. The van der Waals surface area contributed by atoms with Crippen LogP contribution in [0.2, 0.25) is 0 Å². The van der Waals surface area contributed by atoms with Crippen LogP contribution in [0, 0.1) is 0 Å². The molecule has 0 spiro atoms. The first-order chi connectivity index (χ1) is 7.09. The summed E-state index contributed by atoms with van der Waals surface area (Å²) in [5, 5.41) is 15.8. The molecule has 0 heterocycles. The molecule has 0 aliphatic rings. The summed E-state index contributed by atoms with van der Waals surface area (Å²) in [6, 6.07) is 0. The largest absolute Gasteiger partial charge is 0.481 e. The Labute approximate surface area is 90.7 Å². The van der Waals surface area contributed by atoms with Crippen molar-refractivity contribution in [2.24, 2.45) is 0 Å². The van der Waals surface area contributed by atoms with Gasteiger partial charge in [0.05, 0.1) is 12.8 Å². The lowest BCUT2D eigenvalue weighted by molar-refractivity contribution is -0.143. The average Bonchev–Trinajstić information content (AvgIpc) is 1.98. The van der Waals surface area contributed by atoms with Crippen molar-refractivity contribution in [2.45, 2.75) is 12.8 Å². The molecule has 0 atom stereocenters. The highest BCUT2D eigenvalue weighted by Crippen LogP contribution is 1.98. The van der Waals surface area contributed by atoms with E-state index < -0.39 is 28.4 Å². The highest BCUT2D eigenvalue weighted by Gasteiger charge is 2.00. The van der Waals surface area contributed by atoms with Crippen molar-refractivity contribution in [3.8, 4) is 0 Å². The Kier molecular flexibility index (Phi) is 18.4. The second-order valence-electron chi connectivity index (χ2n) is 1.85. The maximum Gasteiger partial charge on any atom is 0.314 e. The van der Waals surface area contributed by atoms with Gasteiger partial charge in [-0.3, -0.25) is 18.7 Å². The Bertz CT molecular complexity index is 215. The summed E-state index contributed by atoms with van der Waals surface area (Å²) in [6.07, 6.45) is -0.593. The fourth-order valence-electron chi connectivity index (χ4n) is 0.214. The molecule has 98 valence electrons. The zero-order chi connectivity index (χ0) is 13.7. The van der Waals surface area contributed by atoms with Crippen molar-refractivity contribution in [1.82, 2.24) is 0 Å². The Morgan fingerprint density at radius 3 is 0.938 bits per heavy atom. The Morgan fingerprint density at radius 2 is 0.875 bits per heavy atom. The number of carboxylic acid groups (broad SMARTS) is 2. The van der Waals surface area contributed by atoms with Crippen molar-refractivity contribution in [3.63, 3.8) is 0 Å². The molecule has 0 aromatic rings. The monoisotopic (exact) mass is 282 g/mol. The molecule has 0 radical (unpaired) electrons. The fourth-order valence-corrected chi connectivity index (χ4v) is 0.214. The van der Waals surface area contributed by atoms with Crippen molar-refractivity contribution >= 4 is 28.4 Å². The van der Waals surface area contributed by atoms with E-state index in [1.54, 1.807) is 0 Å². The summed E-state index contributed by atoms with van der Waals surface area (Å²) < 4.78 is 17.5. The van der Waals surface area contributed by atoms with Crippen LogP contribution < -0.4 is 0 Å². The topological polar surface area (TPSA) is 190 Å². The summed E-state index contributed by atoms with van der Waals surface area (Å²) in [7, 11) is -6.26. The fraction of sp³-hybridized carbons (Fsp3) is 0.500. The first kappa shape index (κ1) is 20.6. The quantitative estimate of drug-likeness (QED) is 0.337. The van der Waals surface area contributed by atoms with E-state index in [1.165, 1.54) is 0 Å². The van der Waals surface area contributed by atoms with Crippen molar-refractivity contribution < 1.29 is 48.5 Å². The molecule has 0 amide bonds. The van der Waals surface area contributed by atoms with Crippen LogP contribution >= 0.6 is 16.5 Å². The van der Waals surface area contributed by atoms with Crippen LogP contribution in [0.15, 0.2) is 0 Å². The molecule has 0 bridgehead atoms. The molecule has 0 saturated heterocycles. The molecule has 0 aromatic heterocycles. The van der Waals surface area contributed by atoms with Gasteiger partial charge in [0.1, 0.15) is 0 Å². The van der Waals surface area contributed by atoms with Crippen LogP contribution in [-0.2, 0) is 18.7 Å². The van der Waals surface area contributed by atoms with Crippen LogP contribution in [0.1, 0.15) is 12.8 Å². The minimum Gasteiger partial charge on any atom is -0.481 e. The third-order valence-corrected chi connectivity index (χ3v) is 0.553. The van der Waals surface area contributed by atoms with E-state index in [0.717, 1.165) is 0 Å². The Balaban J connectivity index is -0.000000179. The lowest BCUT2D eigenvalue weighted by atomic mass is 10.3. The van der Waals surface area contributed by atoms with Crippen LogP contribution in [-0.4, -0.2) is 41.7 Å². The van der Waals surface area contributed by atoms with Gasteiger partial charge >= 0.3 is 28.4 Å². The van der Waals surface area contributed by atoms with Gasteiger partial charge in [-0.05, 0) is 0 Å². The van der Waals surface area contributed by atoms with E-state index in [-0.39, 0.29) is 12.8 Å². The summed E-state index contributed by atoms with van der Waals surface area (Å²) in [4.78, 5) is 47.9. The van der Waals surface area contributed by atoms with E-state index in [1.807, 2.05) is 0 Å². The highest BCUT2D eigenvalue weighted by atomic mass is 31.1. The minimum atomic E-state index is -3.13. The second-order valence-corrected chi connectivity index (χ2v) is 2.98. The number of carbonyl (C=O) groups is 2. The van der Waals surface area contributed by atoms with Crippen molar-refractivity contribution in [1.29, 1.82) is 0 Å². The van der Waals surface area contributed by atoms with Gasteiger partial charge in [-0.2, -0.15) is 0 Å². The molecule has 16 heavy (non-hydrogen) atoms. The van der Waals surface area contributed by atoms with Gasteiger partial charge in [0.25, 0.3) is 0 Å². The number of hydrogen-bond acceptors (Lipinski definition) is 4. The molecule has 6 N–H and O–H groups in total. The zero-order valence-electron chi connectivity index (χ0n) is 7.73. The van der Waals surface area contributed by atoms with E-state index in [9.17, 15) is 9.59 Å². The van der Waals surface area contributed by atoms with Gasteiger partial charge in [0, 0.05) is 0 Å². The molecule has 0 unspecified atom stereocenters. The SMILES string of the molecule is O=C(O)CCC(=O)O.O=[PH](O)O.O=[PH](O)O. The molecule has 0 fully saturated rings. The molecular weight excluding hydrogens is 270 g/mol. The third-order valence-electron chi connectivity index (χ3n) is 0.553. The molecule has 10 nitrogen and oxygen atoms in total. The zero-order valence-corrected chi connectivity index (χ0v) is 9.73. The third kappa shape index (κ3) is 110. The number of carboxylic acids is 2. The maximum absolute atomic E-state index is 9.64. The van der Waals surface area contributed by atoms with Crippen LogP contribution in [0.3, 0.4) is 0 Å². The average molecular weight is 282 g/mol. The molecule has 0 aromatic carbocycles. The van der Waals surface area contributed by atoms with Gasteiger partial charge in [0.2, 0.25) is 0 Å². The predicted octanol–water partition coefficient (Wildman–Crippen LogP) is -1.34. The second kappa shape index (κ2) is 14.2. The van der Waals surface area contributed by atoms with Crippen LogP contribution in [0.25, 0.3) is 0 Å². The summed E-state index contributed by atoms with van der Waals surface area (Å²) in [5.41, 5.74) is 0. The Morgan fingerprint density at radius 1 is 0.750 bits per heavy atom. The minimum absolute atomic E-state index is 0.296. The molecule has 0 aliphatic carbocycles. The molecule has 0 saturated carbocycles. The highest BCUT2D eigenvalue weighted by molar-refractivity contribution is 7.31. The lowest BCUT2D eigenvalue weighted by Crippen LogP contribution is -2.00. The first-order valence-corrected chi connectivity index (χ1v) is 5.97. The summed E-state index contributed by atoms with van der Waals surface area (Å²) in [5.74, 6) is -2.15. The number of aliphatic carboxylic acids is 2. The van der Waals surface area contributed by atoms with E-state index >= 15 is 0 Å². The van der Waals surface area contributed by atoms with E-state index in [0.29, 0.717) is 0 Å². The smallest absolute Gasteiger partial charge is 0.314 e. The molecule has 12 heteroatoms. The van der Waals surface area contributed by atoms with Crippen LogP contribution in [0.4, 0.5) is 0 Å². The standard InChI is InChI=1S/C4H6O4.2H3O3P/c5-3(6)1-2-4(7)8;2*1-4(2)3/h1-2H2,(H,5,6)(H,7,8);2*4H,(H2,1,2,3). The summed E-state index contributed by atoms with van der Waals surface area (Å²) in [6.45, 7) is 0. The normalized spacial score (nSPS) is 8.62. The number of rotatable bonds is 3. The van der Waals surface area contributed by atoms with E-state index in [4.69, 9.17) is 38.9 Å². The van der Waals surface area contributed by atoms with Crippen molar-refractivity contribution in [3.05, 3.63) is 0 Å². The van der Waals surface area contributed by atoms with Crippen LogP contribution in [0.5, 0.6) is 0 Å². The number of hydrogen-bond donors (Lipinski definition) is 6. The van der Waals surface area contributed by atoms with Crippen molar-refractivity contribution in [2.75, 3.05) is 0 Å². The van der Waals surface area contributed by atoms with Gasteiger partial charge < -0.3 is 29.8 Å². The van der Waals surface area contributed by atoms with Gasteiger partial charge in [-0.1, -0.05) is 0 Å². The summed E-state index contributed by atoms with van der Waals surface area (Å²) >= 11 is 0. The van der Waals surface area contributed by atoms with E-state index in [2.05, 4.69) is 0 Å². The molecule has 0 rings (SSSR count). The predicted molar refractivity (Wildman–Crippen MR) is 51.4 cm³/mol. The lowest BCUT2D eigenvalue weighted by Gasteiger charge is -1.85. The van der Waals surface area contributed by atoms with Gasteiger partial charge in [-0.25, -0.2) is 0 Å². The maximum atomic E-state index is 9.64. The Hall–Kier alpha value is -0.760.